The summed E-state index contributed by atoms with van der Waals surface area (Å²) in [6.45, 7) is 0.143. The molecule has 64 heavy (non-hydrogen) atoms. The number of rotatable bonds is 17. The first-order valence-electron chi connectivity index (χ1n) is 20.2. The van der Waals surface area contributed by atoms with Crippen LogP contribution in [0.25, 0.3) is 0 Å². The summed E-state index contributed by atoms with van der Waals surface area (Å²) in [7, 11) is 1.55. The van der Waals surface area contributed by atoms with Crippen molar-refractivity contribution in [3.05, 3.63) is 122 Å². The smallest absolute Gasteiger partial charge is 0.490 e. The number of nitrogens with one attached hydrogen (secondary N) is 1. The quantitative estimate of drug-likeness (QED) is 0.0453. The van der Waals surface area contributed by atoms with Crippen molar-refractivity contribution in [1.29, 1.82) is 0 Å². The van der Waals surface area contributed by atoms with Gasteiger partial charge in [0.2, 0.25) is 0 Å². The summed E-state index contributed by atoms with van der Waals surface area (Å²) >= 11 is 12.9. The number of hydrogen-bond acceptors (Lipinski definition) is 11. The van der Waals surface area contributed by atoms with Crippen LogP contribution in [-0.2, 0) is 32.0 Å². The maximum atomic E-state index is 13.9. The lowest BCUT2D eigenvalue weighted by Gasteiger charge is -2.44. The number of ether oxygens (including phenoxy) is 5. The van der Waals surface area contributed by atoms with E-state index in [2.05, 4.69) is 10.2 Å². The van der Waals surface area contributed by atoms with E-state index in [1.807, 2.05) is 24.3 Å². The SMILES string of the molecule is COc1ccccc1C(NCc1cccc(C(=O)O[C@@H](Cc2c(Cl)c[n+]([O-])cc2Cl)c2ccc(OC(F)F)c(OCC3CC3)c2)c1)C(=O)O[C@H]1CN2CCC1CC2.O=C(O)C(F)(F)F. The molecule has 1 saturated carbocycles. The Labute approximate surface area is 374 Å². The highest BCUT2D eigenvalue weighted by molar-refractivity contribution is 6.35. The molecule has 2 bridgehead atoms. The van der Waals surface area contributed by atoms with Crippen LogP contribution < -0.4 is 24.3 Å². The van der Waals surface area contributed by atoms with Crippen LogP contribution in [0.2, 0.25) is 10.0 Å². The zero-order valence-electron chi connectivity index (χ0n) is 34.2. The molecule has 4 aliphatic rings. The molecule has 20 heteroatoms. The summed E-state index contributed by atoms with van der Waals surface area (Å²) in [5.74, 6) is -2.81. The molecule has 3 atom stereocenters. The Morgan fingerprint density at radius 2 is 1.62 bits per heavy atom. The standard InChI is InChI=1S/C42H43Cl2F2N3O8.C2HF3O2/c1-53-34-8-3-2-7-30(34)39(41(51)56-38-23-48-15-13-27(38)14-16-48)47-20-26-5-4-6-29(17-26)40(50)55-36(19-31-32(43)21-49(52)22-33(31)44)28-11-12-35(57-42(45)46)37(18-28)54-24-25-9-10-25;3-2(4,5)1(6)7/h2-8,11-12,17-18,21-22,25,27,36,38-39,42,47H,9-10,13-16,19-20,23-24H2,1H3;(H,6,7)/t36-,38-,39?;/m0./s1. The van der Waals surface area contributed by atoms with Gasteiger partial charge in [0.25, 0.3) is 0 Å². The number of piperidine rings is 3. The summed E-state index contributed by atoms with van der Waals surface area (Å²) in [4.78, 5) is 39.0. The second kappa shape index (κ2) is 21.5. The molecular formula is C44H44Cl2F5N3O10. The Bertz CT molecular complexity index is 2250. The highest BCUT2D eigenvalue weighted by Gasteiger charge is 2.39. The van der Waals surface area contributed by atoms with E-state index in [1.165, 1.54) is 18.2 Å². The van der Waals surface area contributed by atoms with E-state index >= 15 is 0 Å². The van der Waals surface area contributed by atoms with Crippen molar-refractivity contribution in [2.45, 2.75) is 69.7 Å². The van der Waals surface area contributed by atoms with Crippen molar-refractivity contribution in [2.75, 3.05) is 33.4 Å². The number of carbonyl (C=O) groups is 3. The first-order chi connectivity index (χ1) is 30.5. The number of alkyl halides is 5. The predicted molar refractivity (Wildman–Crippen MR) is 220 cm³/mol. The molecule has 3 aromatic carbocycles. The van der Waals surface area contributed by atoms with Crippen molar-refractivity contribution >= 4 is 41.1 Å². The fraction of sp³-hybridized carbons (Fsp3) is 0.409. The van der Waals surface area contributed by atoms with Crippen molar-refractivity contribution in [1.82, 2.24) is 10.2 Å². The Kier molecular flexibility index (Phi) is 16.1. The van der Waals surface area contributed by atoms with Gasteiger partial charge in [-0.1, -0.05) is 59.6 Å². The third-order valence-electron chi connectivity index (χ3n) is 10.9. The number of hydrogen-bond donors (Lipinski definition) is 2. The molecule has 0 amide bonds. The lowest BCUT2D eigenvalue weighted by Crippen LogP contribution is -2.52. The van der Waals surface area contributed by atoms with Crippen molar-refractivity contribution in [3.63, 3.8) is 0 Å². The monoisotopic (exact) mass is 939 g/mol. The zero-order chi connectivity index (χ0) is 46.1. The summed E-state index contributed by atoms with van der Waals surface area (Å²) in [6, 6.07) is 17.5. The third-order valence-corrected chi connectivity index (χ3v) is 11.5. The predicted octanol–water partition coefficient (Wildman–Crippen LogP) is 8.27. The third kappa shape index (κ3) is 13.1. The number of fused-ring (bicyclic) bond motifs is 3. The van der Waals surface area contributed by atoms with Crippen LogP contribution in [0.5, 0.6) is 17.2 Å². The van der Waals surface area contributed by atoms with Gasteiger partial charge in [-0.15, -0.1) is 0 Å². The second-order valence-corrected chi connectivity index (χ2v) is 16.2. The number of nitrogens with zero attached hydrogens (tertiary/aromatic N) is 2. The number of carboxylic acids is 1. The minimum atomic E-state index is -5.08. The van der Waals surface area contributed by atoms with E-state index in [4.69, 9.17) is 56.8 Å². The van der Waals surface area contributed by atoms with Crippen LogP contribution in [0, 0.1) is 17.0 Å². The molecule has 3 aliphatic heterocycles. The largest absolute Gasteiger partial charge is 0.619 e. The molecule has 13 nitrogen and oxygen atoms in total. The first-order valence-corrected chi connectivity index (χ1v) is 20.9. The number of esters is 2. The number of para-hydroxylation sites is 1. The first kappa shape index (κ1) is 48.0. The molecule has 1 unspecified atom stereocenters. The molecule has 8 rings (SSSR count). The molecule has 0 spiro atoms. The van der Waals surface area contributed by atoms with Crippen LogP contribution >= 0.6 is 23.2 Å². The fourth-order valence-corrected chi connectivity index (χ4v) is 7.97. The van der Waals surface area contributed by atoms with Crippen molar-refractivity contribution in [2.24, 2.45) is 11.8 Å². The van der Waals surface area contributed by atoms with Gasteiger partial charge in [0.1, 0.15) is 34.0 Å². The van der Waals surface area contributed by atoms with E-state index < -0.39 is 42.8 Å². The normalized spacial score (nSPS) is 18.9. The average molecular weight is 941 g/mol. The molecule has 1 aromatic heterocycles. The van der Waals surface area contributed by atoms with Gasteiger partial charge in [-0.2, -0.15) is 26.7 Å². The molecule has 4 fully saturated rings. The Morgan fingerprint density at radius 3 is 2.23 bits per heavy atom. The number of carboxylic acid groups (broad SMARTS) is 1. The highest BCUT2D eigenvalue weighted by atomic mass is 35.5. The average Bonchev–Trinajstić information content (AvgIpc) is 4.09. The summed E-state index contributed by atoms with van der Waals surface area (Å²) in [6.07, 6.45) is -0.214. The van der Waals surface area contributed by atoms with Gasteiger partial charge in [-0.05, 0) is 92.1 Å². The zero-order valence-corrected chi connectivity index (χ0v) is 35.7. The molecule has 344 valence electrons. The maximum Gasteiger partial charge on any atom is 0.490 e. The van der Waals surface area contributed by atoms with Crippen LogP contribution in [0.3, 0.4) is 0 Å². The molecular weight excluding hydrogens is 896 g/mol. The number of aliphatic carboxylic acids is 1. The lowest BCUT2D eigenvalue weighted by molar-refractivity contribution is -0.605. The van der Waals surface area contributed by atoms with Gasteiger partial charge >= 0.3 is 30.7 Å². The molecule has 4 heterocycles. The van der Waals surface area contributed by atoms with Gasteiger partial charge in [0, 0.05) is 30.6 Å². The van der Waals surface area contributed by atoms with Crippen LogP contribution in [0.1, 0.15) is 70.4 Å². The Hall–Kier alpha value is -5.43. The molecule has 3 saturated heterocycles. The maximum absolute atomic E-state index is 13.9. The van der Waals surface area contributed by atoms with Gasteiger partial charge in [0.15, 0.2) is 23.9 Å². The van der Waals surface area contributed by atoms with Gasteiger partial charge in [-0.3, -0.25) is 10.2 Å². The minimum Gasteiger partial charge on any atom is -0.619 e. The fourth-order valence-electron chi connectivity index (χ4n) is 7.37. The summed E-state index contributed by atoms with van der Waals surface area (Å²) < 4.78 is 87.3. The number of carbonyl (C=O) groups excluding carboxylic acids is 2. The number of aromatic nitrogens is 1. The van der Waals surface area contributed by atoms with E-state index in [0.717, 1.165) is 51.2 Å². The number of benzene rings is 3. The van der Waals surface area contributed by atoms with Crippen molar-refractivity contribution < 1.29 is 69.9 Å². The number of pyridine rings is 1. The van der Waals surface area contributed by atoms with Gasteiger partial charge < -0.3 is 34.0 Å². The second-order valence-electron chi connectivity index (χ2n) is 15.4. The van der Waals surface area contributed by atoms with Crippen LogP contribution in [0.4, 0.5) is 22.0 Å². The van der Waals surface area contributed by atoms with Gasteiger partial charge in [0.05, 0.1) is 19.3 Å². The molecule has 4 aromatic rings. The number of halogens is 7. The van der Waals surface area contributed by atoms with Crippen LogP contribution in [-0.4, -0.2) is 80.2 Å². The molecule has 1 aliphatic carbocycles. The van der Waals surface area contributed by atoms with E-state index in [-0.39, 0.29) is 46.2 Å². The Balaban J connectivity index is 0.000000898. The van der Waals surface area contributed by atoms with E-state index in [9.17, 15) is 36.7 Å². The highest BCUT2D eigenvalue weighted by Crippen LogP contribution is 2.38. The molecule has 0 radical (unpaired) electrons. The topological polar surface area (TPSA) is 160 Å². The van der Waals surface area contributed by atoms with Crippen molar-refractivity contribution in [3.8, 4) is 17.2 Å². The minimum absolute atomic E-state index is 0.0473. The number of methoxy groups -OCH3 is 1. The Morgan fingerprint density at radius 1 is 0.938 bits per heavy atom. The summed E-state index contributed by atoms with van der Waals surface area (Å²) in [5, 5.41) is 22.6. The summed E-state index contributed by atoms with van der Waals surface area (Å²) in [5.41, 5.74) is 2.22. The van der Waals surface area contributed by atoms with E-state index in [0.29, 0.717) is 57.7 Å². The van der Waals surface area contributed by atoms with Gasteiger partial charge in [-0.25, -0.2) is 14.4 Å². The van der Waals surface area contributed by atoms with Crippen LogP contribution in [0.15, 0.2) is 79.1 Å². The van der Waals surface area contributed by atoms with E-state index in [1.54, 1.807) is 31.4 Å². The lowest BCUT2D eigenvalue weighted by atomic mass is 9.86. The molecule has 2 N–H and O–H groups in total.